The zero-order chi connectivity index (χ0) is 20.1. The quantitative estimate of drug-likeness (QED) is 0.542. The van der Waals surface area contributed by atoms with Gasteiger partial charge in [-0.25, -0.2) is 4.68 Å². The Morgan fingerprint density at radius 1 is 0.967 bits per heavy atom. The summed E-state index contributed by atoms with van der Waals surface area (Å²) in [5.41, 5.74) is 6.51. The number of hydrogen-bond donors (Lipinski definition) is 1. The van der Waals surface area contributed by atoms with Crippen LogP contribution in [0.4, 0.5) is 5.95 Å². The smallest absolute Gasteiger partial charge is 0.226 e. The summed E-state index contributed by atoms with van der Waals surface area (Å²) in [4.78, 5) is 8.81. The first-order chi connectivity index (χ1) is 14.8. The van der Waals surface area contributed by atoms with Crippen LogP contribution >= 0.6 is 0 Å². The summed E-state index contributed by atoms with van der Waals surface area (Å²) in [6.45, 7) is 2.09. The van der Waals surface area contributed by atoms with Crippen LogP contribution in [0.3, 0.4) is 0 Å². The second-order valence-corrected chi connectivity index (χ2v) is 7.58. The standard InChI is InChI=1S/C24H19N5O/c1-15-8-10-16(11-9-15)23-20-21(18-6-2-3-7-19(18)30-23)28-24-26-14-27-29(24)22(20)17-5-4-12-25-13-17/h2-14,22-23H,1H3,(H,26,27,28)/t22-,23-/m1/s1. The van der Waals surface area contributed by atoms with Gasteiger partial charge in [-0.2, -0.15) is 10.1 Å². The Kier molecular flexibility index (Phi) is 3.71. The average Bonchev–Trinajstić information content (AvgIpc) is 3.26. The van der Waals surface area contributed by atoms with Gasteiger partial charge in [0, 0.05) is 23.5 Å². The van der Waals surface area contributed by atoms with Crippen LogP contribution in [0.1, 0.15) is 34.4 Å². The van der Waals surface area contributed by atoms with Crippen molar-refractivity contribution >= 4 is 11.6 Å². The molecule has 1 N–H and O–H groups in total. The van der Waals surface area contributed by atoms with E-state index in [0.29, 0.717) is 5.95 Å². The maximum absolute atomic E-state index is 6.59. The second-order valence-electron chi connectivity index (χ2n) is 7.58. The average molecular weight is 393 g/mol. The minimum Gasteiger partial charge on any atom is -0.480 e. The van der Waals surface area contributed by atoms with E-state index in [1.165, 1.54) is 5.56 Å². The largest absolute Gasteiger partial charge is 0.480 e. The first kappa shape index (κ1) is 17.0. The molecule has 4 aromatic rings. The van der Waals surface area contributed by atoms with Gasteiger partial charge in [-0.15, -0.1) is 0 Å². The van der Waals surface area contributed by atoms with Crippen molar-refractivity contribution < 1.29 is 4.74 Å². The zero-order valence-electron chi connectivity index (χ0n) is 16.4. The number of aryl methyl sites for hydroxylation is 1. The van der Waals surface area contributed by atoms with E-state index in [4.69, 9.17) is 4.74 Å². The number of fused-ring (bicyclic) bond motifs is 3. The molecule has 30 heavy (non-hydrogen) atoms. The van der Waals surface area contributed by atoms with Crippen molar-refractivity contribution in [1.29, 1.82) is 0 Å². The Labute approximate surface area is 173 Å². The van der Waals surface area contributed by atoms with E-state index in [1.54, 1.807) is 12.5 Å². The van der Waals surface area contributed by atoms with Crippen molar-refractivity contribution in [3.05, 3.63) is 107 Å². The van der Waals surface area contributed by atoms with Crippen LogP contribution in [-0.2, 0) is 0 Å². The van der Waals surface area contributed by atoms with Crippen LogP contribution in [0.15, 0.2) is 85.0 Å². The van der Waals surface area contributed by atoms with Gasteiger partial charge in [0.1, 0.15) is 24.2 Å². The fraction of sp³-hybridized carbons (Fsp3) is 0.125. The first-order valence-corrected chi connectivity index (χ1v) is 9.93. The number of nitrogens with zero attached hydrogens (tertiary/aromatic N) is 4. The molecule has 0 spiro atoms. The monoisotopic (exact) mass is 393 g/mol. The number of ether oxygens (including phenoxy) is 1. The summed E-state index contributed by atoms with van der Waals surface area (Å²) >= 11 is 0. The molecule has 0 fully saturated rings. The van der Waals surface area contributed by atoms with Crippen LogP contribution in [0.25, 0.3) is 5.70 Å². The van der Waals surface area contributed by atoms with E-state index >= 15 is 0 Å². The molecule has 2 aromatic heterocycles. The van der Waals surface area contributed by atoms with Crippen LogP contribution in [0.2, 0.25) is 0 Å². The molecule has 146 valence electrons. The molecule has 2 aliphatic rings. The lowest BCUT2D eigenvalue weighted by atomic mass is 9.85. The number of benzene rings is 2. The highest BCUT2D eigenvalue weighted by molar-refractivity contribution is 5.85. The molecular formula is C24H19N5O. The Morgan fingerprint density at radius 3 is 2.67 bits per heavy atom. The first-order valence-electron chi connectivity index (χ1n) is 9.93. The van der Waals surface area contributed by atoms with Gasteiger partial charge >= 0.3 is 0 Å². The van der Waals surface area contributed by atoms with Gasteiger partial charge < -0.3 is 10.1 Å². The van der Waals surface area contributed by atoms with Crippen molar-refractivity contribution in [1.82, 2.24) is 19.7 Å². The molecule has 0 bridgehead atoms. The number of rotatable bonds is 2. The van der Waals surface area contributed by atoms with Crippen LogP contribution in [0, 0.1) is 6.92 Å². The predicted octanol–water partition coefficient (Wildman–Crippen LogP) is 4.54. The summed E-state index contributed by atoms with van der Waals surface area (Å²) in [5.74, 6) is 1.56. The highest BCUT2D eigenvalue weighted by Gasteiger charge is 2.40. The van der Waals surface area contributed by atoms with E-state index in [2.05, 4.69) is 63.7 Å². The minimum atomic E-state index is -0.259. The third-order valence-electron chi connectivity index (χ3n) is 5.70. The van der Waals surface area contributed by atoms with Gasteiger partial charge in [0.2, 0.25) is 5.95 Å². The van der Waals surface area contributed by atoms with Crippen molar-refractivity contribution in [3.63, 3.8) is 0 Å². The van der Waals surface area contributed by atoms with Crippen molar-refractivity contribution in [2.45, 2.75) is 19.1 Å². The van der Waals surface area contributed by atoms with Crippen LogP contribution in [0.5, 0.6) is 5.75 Å². The fourth-order valence-corrected chi connectivity index (χ4v) is 4.29. The minimum absolute atomic E-state index is 0.174. The van der Waals surface area contributed by atoms with E-state index in [0.717, 1.165) is 33.7 Å². The number of hydrogen-bond acceptors (Lipinski definition) is 5. The van der Waals surface area contributed by atoms with E-state index in [-0.39, 0.29) is 12.1 Å². The normalized spacial score (nSPS) is 19.2. The Hall–Kier alpha value is -3.93. The maximum atomic E-state index is 6.59. The van der Waals surface area contributed by atoms with Gasteiger partial charge in [-0.1, -0.05) is 48.0 Å². The van der Waals surface area contributed by atoms with Gasteiger partial charge in [0.15, 0.2) is 0 Å². The summed E-state index contributed by atoms with van der Waals surface area (Å²) in [7, 11) is 0. The number of para-hydroxylation sites is 1. The molecule has 2 aromatic carbocycles. The summed E-state index contributed by atoms with van der Waals surface area (Å²) in [6.07, 6.45) is 4.99. The Balaban J connectivity index is 1.63. The molecule has 0 aliphatic carbocycles. The van der Waals surface area contributed by atoms with E-state index in [1.807, 2.05) is 35.1 Å². The Morgan fingerprint density at radius 2 is 1.83 bits per heavy atom. The van der Waals surface area contributed by atoms with Crippen LogP contribution in [-0.4, -0.2) is 19.7 Å². The second kappa shape index (κ2) is 6.56. The lowest BCUT2D eigenvalue weighted by molar-refractivity contribution is 0.223. The molecule has 0 amide bonds. The van der Waals surface area contributed by atoms with Gasteiger partial charge in [0.25, 0.3) is 0 Å². The predicted molar refractivity (Wildman–Crippen MR) is 114 cm³/mol. The molecule has 2 atom stereocenters. The molecule has 0 saturated carbocycles. The molecule has 2 aliphatic heterocycles. The van der Waals surface area contributed by atoms with E-state index < -0.39 is 0 Å². The Bertz CT molecular complexity index is 1260. The maximum Gasteiger partial charge on any atom is 0.226 e. The highest BCUT2D eigenvalue weighted by Crippen LogP contribution is 2.50. The summed E-state index contributed by atoms with van der Waals surface area (Å²) in [6, 6.07) is 20.5. The molecule has 4 heterocycles. The van der Waals surface area contributed by atoms with Crippen molar-refractivity contribution in [2.24, 2.45) is 0 Å². The molecule has 0 unspecified atom stereocenters. The highest BCUT2D eigenvalue weighted by atomic mass is 16.5. The SMILES string of the molecule is Cc1ccc([C@H]2Oc3ccccc3C3=C2[C@@H](c2cccnc2)n2ncnc2N3)cc1. The summed E-state index contributed by atoms with van der Waals surface area (Å²) < 4.78 is 8.50. The molecule has 0 saturated heterocycles. The fourth-order valence-electron chi connectivity index (χ4n) is 4.29. The van der Waals surface area contributed by atoms with Crippen LogP contribution < -0.4 is 10.1 Å². The molecular weight excluding hydrogens is 374 g/mol. The van der Waals surface area contributed by atoms with Gasteiger partial charge in [-0.3, -0.25) is 4.98 Å². The van der Waals surface area contributed by atoms with Gasteiger partial charge in [-0.05, 0) is 36.2 Å². The molecule has 0 radical (unpaired) electrons. The lowest BCUT2D eigenvalue weighted by Gasteiger charge is -2.38. The number of anilines is 1. The summed E-state index contributed by atoms with van der Waals surface area (Å²) in [5, 5.41) is 8.04. The third kappa shape index (κ3) is 2.54. The third-order valence-corrected chi connectivity index (χ3v) is 5.70. The number of nitrogens with one attached hydrogen (secondary N) is 1. The van der Waals surface area contributed by atoms with E-state index in [9.17, 15) is 0 Å². The van der Waals surface area contributed by atoms with Gasteiger partial charge in [0.05, 0.1) is 5.70 Å². The number of pyridine rings is 1. The number of aromatic nitrogens is 4. The molecule has 6 heteroatoms. The molecule has 6 nitrogen and oxygen atoms in total. The zero-order valence-corrected chi connectivity index (χ0v) is 16.4. The topological polar surface area (TPSA) is 64.9 Å². The van der Waals surface area contributed by atoms with Crippen molar-refractivity contribution in [3.8, 4) is 5.75 Å². The molecule has 6 rings (SSSR count). The lowest BCUT2D eigenvalue weighted by Crippen LogP contribution is -2.32. The van der Waals surface area contributed by atoms with Crippen molar-refractivity contribution in [2.75, 3.05) is 5.32 Å².